The average molecular weight is 282 g/mol. The molecule has 1 aromatic heterocycles. The van der Waals surface area contributed by atoms with E-state index in [2.05, 4.69) is 10.4 Å². The van der Waals surface area contributed by atoms with Crippen molar-refractivity contribution in [1.29, 1.82) is 0 Å². The third kappa shape index (κ3) is 3.12. The third-order valence-corrected chi connectivity index (χ3v) is 3.10. The van der Waals surface area contributed by atoms with E-state index < -0.39 is 5.82 Å². The van der Waals surface area contributed by atoms with E-state index in [1.807, 2.05) is 6.92 Å². The van der Waals surface area contributed by atoms with Crippen LogP contribution in [0.3, 0.4) is 0 Å². The van der Waals surface area contributed by atoms with Crippen LogP contribution in [-0.2, 0) is 11.3 Å². The maximum atomic E-state index is 13.5. The number of benzene rings is 1. The van der Waals surface area contributed by atoms with E-state index >= 15 is 0 Å². The maximum Gasteiger partial charge on any atom is 0.246 e. The number of amides is 1. The summed E-state index contributed by atoms with van der Waals surface area (Å²) < 4.78 is 15.0. The van der Waals surface area contributed by atoms with E-state index in [9.17, 15) is 9.18 Å². The quantitative estimate of drug-likeness (QED) is 0.940. The van der Waals surface area contributed by atoms with Gasteiger partial charge in [-0.3, -0.25) is 9.48 Å². The summed E-state index contributed by atoms with van der Waals surface area (Å²) in [6.07, 6.45) is 1.47. The molecule has 0 aliphatic rings. The number of hydrogen-bond donors (Lipinski definition) is 1. The number of halogens is 2. The zero-order chi connectivity index (χ0) is 14.0. The maximum absolute atomic E-state index is 13.5. The molecule has 6 heteroatoms. The molecule has 100 valence electrons. The summed E-state index contributed by atoms with van der Waals surface area (Å²) in [4.78, 5) is 11.8. The molecule has 0 fully saturated rings. The van der Waals surface area contributed by atoms with Crippen molar-refractivity contribution < 1.29 is 9.18 Å². The van der Waals surface area contributed by atoms with Crippen molar-refractivity contribution in [2.24, 2.45) is 0 Å². The molecule has 0 radical (unpaired) electrons. The number of aryl methyl sites for hydroxylation is 1. The van der Waals surface area contributed by atoms with E-state index in [-0.39, 0.29) is 18.1 Å². The van der Waals surface area contributed by atoms with Crippen LogP contribution in [0.4, 0.5) is 10.1 Å². The zero-order valence-electron chi connectivity index (χ0n) is 10.6. The molecule has 0 spiro atoms. The lowest BCUT2D eigenvalue weighted by molar-refractivity contribution is -0.117. The summed E-state index contributed by atoms with van der Waals surface area (Å²) in [5.41, 5.74) is 1.73. The van der Waals surface area contributed by atoms with Crippen LogP contribution in [0.1, 0.15) is 11.3 Å². The van der Waals surface area contributed by atoms with E-state index in [1.54, 1.807) is 19.1 Å². The third-order valence-electron chi connectivity index (χ3n) is 2.73. The molecule has 4 nitrogen and oxygen atoms in total. The first kappa shape index (κ1) is 13.5. The van der Waals surface area contributed by atoms with E-state index in [1.165, 1.54) is 16.9 Å². The van der Waals surface area contributed by atoms with Crippen molar-refractivity contribution in [3.8, 4) is 0 Å². The summed E-state index contributed by atoms with van der Waals surface area (Å²) in [5.74, 6) is -0.818. The largest absolute Gasteiger partial charge is 0.322 e. The number of rotatable bonds is 3. The fraction of sp³-hybridized carbons (Fsp3) is 0.231. The number of carbonyl (C=O) groups is 1. The van der Waals surface area contributed by atoms with Gasteiger partial charge in [-0.05, 0) is 31.5 Å². The minimum atomic E-state index is -0.464. The van der Waals surface area contributed by atoms with Crippen molar-refractivity contribution in [3.63, 3.8) is 0 Å². The molecular weight excluding hydrogens is 269 g/mol. The van der Waals surface area contributed by atoms with Gasteiger partial charge < -0.3 is 5.32 Å². The second-order valence-corrected chi connectivity index (χ2v) is 4.67. The Morgan fingerprint density at radius 2 is 2.21 bits per heavy atom. The van der Waals surface area contributed by atoms with Gasteiger partial charge in [-0.25, -0.2) is 4.39 Å². The molecule has 19 heavy (non-hydrogen) atoms. The number of nitrogens with zero attached hydrogens (tertiary/aromatic N) is 2. The fourth-order valence-corrected chi connectivity index (χ4v) is 1.78. The van der Waals surface area contributed by atoms with Crippen molar-refractivity contribution in [2.45, 2.75) is 20.4 Å². The summed E-state index contributed by atoms with van der Waals surface area (Å²) in [6, 6.07) is 4.54. The first-order chi connectivity index (χ1) is 8.97. The first-order valence-electron chi connectivity index (χ1n) is 5.71. The Morgan fingerprint density at radius 3 is 2.84 bits per heavy atom. The molecule has 0 atom stereocenters. The summed E-state index contributed by atoms with van der Waals surface area (Å²) in [6.45, 7) is 3.58. The molecule has 0 saturated carbocycles. The van der Waals surface area contributed by atoms with Crippen LogP contribution in [0, 0.1) is 19.7 Å². The van der Waals surface area contributed by atoms with Crippen LogP contribution < -0.4 is 5.32 Å². The molecule has 2 rings (SSSR count). The Kier molecular flexibility index (Phi) is 3.85. The predicted molar refractivity (Wildman–Crippen MR) is 71.7 cm³/mol. The number of aromatic nitrogens is 2. The van der Waals surface area contributed by atoms with E-state index in [0.29, 0.717) is 10.7 Å². The molecule has 0 bridgehead atoms. The molecule has 0 aliphatic carbocycles. The Balaban J connectivity index is 2.09. The molecule has 0 unspecified atom stereocenters. The highest BCUT2D eigenvalue weighted by Crippen LogP contribution is 2.16. The van der Waals surface area contributed by atoms with Crippen LogP contribution in [0.15, 0.2) is 24.4 Å². The highest BCUT2D eigenvalue weighted by molar-refractivity contribution is 6.31. The fourth-order valence-electron chi connectivity index (χ4n) is 1.64. The topological polar surface area (TPSA) is 46.9 Å². The SMILES string of the molecule is Cc1ccc(F)c(NC(=O)Cn2ncc(Cl)c2C)c1. The Morgan fingerprint density at radius 1 is 1.47 bits per heavy atom. The zero-order valence-corrected chi connectivity index (χ0v) is 11.3. The normalized spacial score (nSPS) is 10.5. The van der Waals surface area contributed by atoms with E-state index in [0.717, 1.165) is 5.56 Å². The van der Waals surface area contributed by atoms with Crippen molar-refractivity contribution in [1.82, 2.24) is 9.78 Å². The molecule has 1 heterocycles. The summed E-state index contributed by atoms with van der Waals surface area (Å²) in [7, 11) is 0. The molecule has 0 aliphatic heterocycles. The highest BCUT2D eigenvalue weighted by Gasteiger charge is 2.11. The summed E-state index contributed by atoms with van der Waals surface area (Å²) in [5, 5.41) is 6.98. The molecule has 1 aromatic carbocycles. The Bertz CT molecular complexity index is 624. The highest BCUT2D eigenvalue weighted by atomic mass is 35.5. The van der Waals surface area contributed by atoms with Gasteiger partial charge in [0.2, 0.25) is 5.91 Å². The van der Waals surface area contributed by atoms with Crippen LogP contribution >= 0.6 is 11.6 Å². The Labute approximate surface area is 115 Å². The van der Waals surface area contributed by atoms with Gasteiger partial charge >= 0.3 is 0 Å². The second kappa shape index (κ2) is 5.40. The van der Waals surface area contributed by atoms with Gasteiger partial charge in [0, 0.05) is 0 Å². The minimum Gasteiger partial charge on any atom is -0.322 e. The monoisotopic (exact) mass is 281 g/mol. The van der Waals surface area contributed by atoms with Crippen molar-refractivity contribution in [2.75, 3.05) is 5.32 Å². The van der Waals surface area contributed by atoms with Crippen molar-refractivity contribution >= 4 is 23.2 Å². The summed E-state index contributed by atoms with van der Waals surface area (Å²) >= 11 is 5.84. The van der Waals surface area contributed by atoms with Gasteiger partial charge in [0.15, 0.2) is 0 Å². The van der Waals surface area contributed by atoms with Crippen LogP contribution in [-0.4, -0.2) is 15.7 Å². The van der Waals surface area contributed by atoms with Crippen LogP contribution in [0.5, 0.6) is 0 Å². The predicted octanol–water partition coefficient (Wildman–Crippen LogP) is 2.93. The van der Waals surface area contributed by atoms with Gasteiger partial charge in [-0.2, -0.15) is 5.10 Å². The van der Waals surface area contributed by atoms with Gasteiger partial charge in [0.25, 0.3) is 0 Å². The average Bonchev–Trinajstić information content (AvgIpc) is 2.66. The lowest BCUT2D eigenvalue weighted by Gasteiger charge is -2.08. The molecule has 1 N–H and O–H groups in total. The van der Waals surface area contributed by atoms with E-state index in [4.69, 9.17) is 11.6 Å². The van der Waals surface area contributed by atoms with Crippen LogP contribution in [0.2, 0.25) is 5.02 Å². The molecule has 0 saturated heterocycles. The van der Waals surface area contributed by atoms with Gasteiger partial charge in [-0.15, -0.1) is 0 Å². The Hall–Kier alpha value is -1.88. The second-order valence-electron chi connectivity index (χ2n) is 4.27. The smallest absolute Gasteiger partial charge is 0.246 e. The van der Waals surface area contributed by atoms with Gasteiger partial charge in [-0.1, -0.05) is 17.7 Å². The number of hydrogen-bond acceptors (Lipinski definition) is 2. The molecule has 2 aromatic rings. The van der Waals surface area contributed by atoms with Crippen molar-refractivity contribution in [3.05, 3.63) is 46.5 Å². The molecular formula is C13H13ClFN3O. The lowest BCUT2D eigenvalue weighted by Crippen LogP contribution is -2.20. The number of anilines is 1. The minimum absolute atomic E-state index is 0.00800. The van der Waals surface area contributed by atoms with Gasteiger partial charge in [0.1, 0.15) is 12.4 Å². The van der Waals surface area contributed by atoms with Gasteiger partial charge in [0.05, 0.1) is 22.6 Å². The standard InChI is InChI=1S/C13H13ClFN3O/c1-8-3-4-11(15)12(5-8)17-13(19)7-18-9(2)10(14)6-16-18/h3-6H,7H2,1-2H3,(H,17,19). The number of carbonyl (C=O) groups excluding carboxylic acids is 1. The van der Waals surface area contributed by atoms with Crippen LogP contribution in [0.25, 0.3) is 0 Å². The first-order valence-corrected chi connectivity index (χ1v) is 6.09. The molecule has 1 amide bonds. The number of nitrogens with one attached hydrogen (secondary N) is 1. The lowest BCUT2D eigenvalue weighted by atomic mass is 10.2.